The van der Waals surface area contributed by atoms with Crippen molar-refractivity contribution >= 4 is 35.4 Å². The maximum Gasteiger partial charge on any atom is 0.329 e. The smallest absolute Gasteiger partial charge is 0.329 e. The average Bonchev–Trinajstić information content (AvgIpc) is 3.34. The highest BCUT2D eigenvalue weighted by Gasteiger charge is 2.53. The van der Waals surface area contributed by atoms with Crippen LogP contribution in [-0.2, 0) is 57.2 Å². The summed E-state index contributed by atoms with van der Waals surface area (Å²) in [6.45, 7) is 17.0. The molecule has 0 radical (unpaired) electrons. The number of aliphatic hydroxyl groups is 3. The van der Waals surface area contributed by atoms with Crippen LogP contribution < -0.4 is 0 Å². The van der Waals surface area contributed by atoms with E-state index in [4.69, 9.17) is 28.4 Å². The lowest BCUT2D eigenvalue weighted by Crippen LogP contribution is -2.61. The van der Waals surface area contributed by atoms with Crippen LogP contribution in [0.2, 0.25) is 0 Å². The molecule has 2 saturated heterocycles. The van der Waals surface area contributed by atoms with Crippen LogP contribution in [0.4, 0.5) is 0 Å². The quantitative estimate of drug-likeness (QED) is 0.0928. The Morgan fingerprint density at radius 2 is 1.60 bits per heavy atom. The van der Waals surface area contributed by atoms with Gasteiger partial charge in [-0.2, -0.15) is 0 Å². The number of allylic oxidation sites excluding steroid dienone is 6. The van der Waals surface area contributed by atoms with Crippen molar-refractivity contribution in [1.82, 2.24) is 4.90 Å². The minimum absolute atomic E-state index is 0.0382. The summed E-state index contributed by atoms with van der Waals surface area (Å²) in [5.74, 6) is -9.85. The molecule has 15 atom stereocenters. The van der Waals surface area contributed by atoms with Crippen molar-refractivity contribution in [2.24, 2.45) is 41.4 Å². The molecule has 0 unspecified atom stereocenters. The Morgan fingerprint density at radius 1 is 0.889 bits per heavy atom. The van der Waals surface area contributed by atoms with E-state index in [9.17, 15) is 44.1 Å². The zero-order valence-electron chi connectivity index (χ0n) is 44.5. The van der Waals surface area contributed by atoms with E-state index in [1.807, 2.05) is 51.2 Å². The Kier molecular flexibility index (Phi) is 23.7. The molecule has 0 aromatic heterocycles. The molecule has 16 heteroatoms. The van der Waals surface area contributed by atoms with Gasteiger partial charge in [0.05, 0.1) is 31.5 Å². The number of hydrogen-bond donors (Lipinski definition) is 3. The van der Waals surface area contributed by atoms with E-state index in [1.54, 1.807) is 28.1 Å². The number of aliphatic hydroxyl groups excluding tert-OH is 2. The minimum atomic E-state index is -2.46. The molecule has 3 aliphatic heterocycles. The lowest BCUT2D eigenvalue weighted by molar-refractivity contribution is -0.265. The van der Waals surface area contributed by atoms with Crippen molar-refractivity contribution in [3.05, 3.63) is 59.8 Å². The molecule has 404 valence electrons. The number of piperidine rings is 1. The third kappa shape index (κ3) is 16.3. The van der Waals surface area contributed by atoms with Gasteiger partial charge >= 0.3 is 17.9 Å². The second-order valence-electron chi connectivity index (χ2n) is 21.1. The molecule has 3 N–H and O–H groups in total. The first-order chi connectivity index (χ1) is 34.1. The summed E-state index contributed by atoms with van der Waals surface area (Å²) in [5, 5.41) is 33.7. The second-order valence-corrected chi connectivity index (χ2v) is 21.1. The average molecular weight is 1010 g/mol. The first-order valence-corrected chi connectivity index (χ1v) is 26.1. The Hall–Kier alpha value is -4.32. The number of carbonyl (C=O) groups is 6. The Morgan fingerprint density at radius 3 is 2.24 bits per heavy atom. The maximum atomic E-state index is 14.6. The van der Waals surface area contributed by atoms with Crippen molar-refractivity contribution in [2.45, 2.75) is 181 Å². The summed E-state index contributed by atoms with van der Waals surface area (Å²) in [6.07, 6.45) is 12.2. The molecule has 4 rings (SSSR count). The number of carbonyl (C=O) groups excluding carboxylic acids is 6. The summed E-state index contributed by atoms with van der Waals surface area (Å²) in [5.41, 5.74) is 1.67. The summed E-state index contributed by atoms with van der Waals surface area (Å²) in [4.78, 5) is 83.3. The predicted molar refractivity (Wildman–Crippen MR) is 270 cm³/mol. The molecule has 1 amide bonds. The van der Waals surface area contributed by atoms with Crippen molar-refractivity contribution in [3.63, 3.8) is 0 Å². The molecule has 2 bridgehead atoms. The molecule has 1 saturated carbocycles. The lowest BCUT2D eigenvalue weighted by atomic mass is 9.78. The van der Waals surface area contributed by atoms with Gasteiger partial charge in [-0.05, 0) is 106 Å². The van der Waals surface area contributed by atoms with Crippen LogP contribution in [0, 0.1) is 41.4 Å². The summed E-state index contributed by atoms with van der Waals surface area (Å²) >= 11 is 0. The van der Waals surface area contributed by atoms with Gasteiger partial charge in [-0.15, -0.1) is 0 Å². The SMILES string of the molecule is C=C1[C@H](C)C[C@H](C)/C=C/C=C/C=C(\C)[C@@H](OC)C[C@@H]2CC[C@@H](C)[C@@](O)(O2)C(=O)C(=O)N2CCCC[C@H]2C(=O)O[C@H]([C@H](C)C[C@@H]2CC[C@@H](OC(C)=O)[C@H](OC)C2)CC(=O)[C@H](C)/C=C(\CO)[C@@H](OC(C)=O)[C@H]1CO. The molecule has 1 aliphatic carbocycles. The van der Waals surface area contributed by atoms with E-state index in [0.29, 0.717) is 69.8 Å². The highest BCUT2D eigenvalue weighted by molar-refractivity contribution is 6.39. The van der Waals surface area contributed by atoms with E-state index in [0.717, 1.165) is 5.57 Å². The van der Waals surface area contributed by atoms with Gasteiger partial charge < -0.3 is 48.6 Å². The van der Waals surface area contributed by atoms with E-state index >= 15 is 0 Å². The zero-order valence-corrected chi connectivity index (χ0v) is 44.5. The number of esters is 3. The lowest BCUT2D eigenvalue weighted by Gasteiger charge is -2.42. The first-order valence-electron chi connectivity index (χ1n) is 26.1. The van der Waals surface area contributed by atoms with Gasteiger partial charge in [-0.1, -0.05) is 83.2 Å². The standard InChI is InChI=1S/C56H85NO15/c1-33-17-13-12-14-18-34(2)49(67-10)29-44-22-20-38(6)56(66,72-44)53(63)54(64)57-24-16-15-19-46(57)55(65)71-50(37(5)26-42-21-23-48(69-40(8)60)51(28-42)68-11)30-47(62)36(4)27-43(31-58)52(70-41(9)61)45(32-59)39(7)35(3)25-33/h12-14,17-18,27,33,35-38,42,44-46,48-52,58-59,66H,7,15-16,19-26,28-32H2,1-6,8-11H3/b14-12+,17-13+,34-18+,43-27+/t33-,35-,36-,37-,38-,42+,44+,45+,46+,48-,49+,50+,51-,52-,56-/m1/s1. The third-order valence-electron chi connectivity index (χ3n) is 15.5. The van der Waals surface area contributed by atoms with Crippen molar-refractivity contribution in [1.29, 1.82) is 0 Å². The number of nitrogens with zero attached hydrogens (tertiary/aromatic N) is 1. The number of ketones is 2. The van der Waals surface area contributed by atoms with E-state index in [-0.39, 0.29) is 54.6 Å². The van der Waals surface area contributed by atoms with Gasteiger partial charge in [0.2, 0.25) is 5.79 Å². The van der Waals surface area contributed by atoms with Crippen molar-refractivity contribution in [2.75, 3.05) is 34.0 Å². The largest absolute Gasteiger partial charge is 0.460 e. The number of rotatable bonds is 9. The normalized spacial score (nSPS) is 37.4. The van der Waals surface area contributed by atoms with Gasteiger partial charge in [-0.25, -0.2) is 4.79 Å². The van der Waals surface area contributed by atoms with E-state index in [1.165, 1.54) is 24.8 Å². The fourth-order valence-electron chi connectivity index (χ4n) is 11.0. The summed E-state index contributed by atoms with van der Waals surface area (Å²) < 4.78 is 35.4. The van der Waals surface area contributed by atoms with Gasteiger partial charge in [-0.3, -0.25) is 24.0 Å². The molecule has 4 aliphatic rings. The number of ether oxygens (including phenoxy) is 6. The van der Waals surface area contributed by atoms with Crippen LogP contribution >= 0.6 is 0 Å². The molecule has 0 aromatic rings. The fourth-order valence-corrected chi connectivity index (χ4v) is 11.0. The number of cyclic esters (lactones) is 1. The molecule has 0 aromatic carbocycles. The molecular weight excluding hydrogens is 927 g/mol. The monoisotopic (exact) mass is 1010 g/mol. The van der Waals surface area contributed by atoms with Gasteiger partial charge in [0, 0.05) is 65.2 Å². The fraction of sp³-hybridized carbons (Fsp3) is 0.714. The molecule has 72 heavy (non-hydrogen) atoms. The van der Waals surface area contributed by atoms with Gasteiger partial charge in [0.15, 0.2) is 0 Å². The van der Waals surface area contributed by atoms with E-state index in [2.05, 4.69) is 13.5 Å². The minimum Gasteiger partial charge on any atom is -0.460 e. The van der Waals surface area contributed by atoms with Crippen LogP contribution in [0.3, 0.4) is 0 Å². The van der Waals surface area contributed by atoms with Crippen molar-refractivity contribution in [3.8, 4) is 0 Å². The molecule has 3 fully saturated rings. The number of methoxy groups -OCH3 is 2. The Bertz CT molecular complexity index is 2010. The molecule has 0 spiro atoms. The third-order valence-corrected chi connectivity index (χ3v) is 15.5. The Balaban J connectivity index is 1.77. The van der Waals surface area contributed by atoms with Crippen LogP contribution in [0.15, 0.2) is 59.8 Å². The first kappa shape index (κ1) is 60.2. The number of hydrogen-bond acceptors (Lipinski definition) is 15. The molecule has 16 nitrogen and oxygen atoms in total. The Labute approximate surface area is 427 Å². The predicted octanol–water partition coefficient (Wildman–Crippen LogP) is 6.88. The summed E-state index contributed by atoms with van der Waals surface area (Å²) in [7, 11) is 3.13. The number of amides is 1. The van der Waals surface area contributed by atoms with Crippen LogP contribution in [0.25, 0.3) is 0 Å². The highest BCUT2D eigenvalue weighted by atomic mass is 16.6. The van der Waals surface area contributed by atoms with Gasteiger partial charge in [0.25, 0.3) is 11.7 Å². The second kappa shape index (κ2) is 28.4. The topological polar surface area (TPSA) is 222 Å². The van der Waals surface area contributed by atoms with Crippen molar-refractivity contribution < 1.29 is 72.5 Å². The summed E-state index contributed by atoms with van der Waals surface area (Å²) in [6, 6.07) is -1.20. The van der Waals surface area contributed by atoms with E-state index < -0.39 is 109 Å². The van der Waals surface area contributed by atoms with Crippen LogP contribution in [-0.4, -0.2) is 138 Å². The molecule has 3 heterocycles. The van der Waals surface area contributed by atoms with Crippen LogP contribution in [0.5, 0.6) is 0 Å². The molecular formula is C56H85NO15. The zero-order chi connectivity index (χ0) is 53.4. The number of fused-ring (bicyclic) bond motifs is 3. The van der Waals surface area contributed by atoms with Gasteiger partial charge in [0.1, 0.15) is 30.1 Å². The highest BCUT2D eigenvalue weighted by Crippen LogP contribution is 2.39. The number of Topliss-reactive ketones (excluding diaryl/α,β-unsaturated/α-hetero) is 2. The maximum absolute atomic E-state index is 14.6. The van der Waals surface area contributed by atoms with Crippen LogP contribution in [0.1, 0.15) is 132 Å².